The van der Waals surface area contributed by atoms with Crippen LogP contribution in [-0.2, 0) is 27.2 Å². The van der Waals surface area contributed by atoms with Crippen LogP contribution >= 0.6 is 0 Å². The number of hydrogen-bond donors (Lipinski definition) is 6. The zero-order valence-corrected chi connectivity index (χ0v) is 26.5. The average molecular weight is 612 g/mol. The van der Waals surface area contributed by atoms with E-state index in [0.29, 0.717) is 44.2 Å². The van der Waals surface area contributed by atoms with Crippen molar-refractivity contribution in [3.8, 4) is 0 Å². The van der Waals surface area contributed by atoms with Gasteiger partial charge in [0.15, 0.2) is 0 Å². The Balaban J connectivity index is 1.30. The number of nitrogens with zero attached hydrogens (tertiary/aromatic N) is 1. The van der Waals surface area contributed by atoms with Gasteiger partial charge in [-0.3, -0.25) is 9.59 Å². The lowest BCUT2D eigenvalue weighted by atomic mass is 9.84. The largest absolute Gasteiger partial charge is 0.388 e. The number of carbonyl (C=O) groups excluding carboxylic acids is 2. The number of likely N-dealkylation sites (N-methyl/N-ethyl adjacent to an activating group) is 1. The molecule has 242 valence electrons. The van der Waals surface area contributed by atoms with Gasteiger partial charge in [0, 0.05) is 19.5 Å². The third-order valence-electron chi connectivity index (χ3n) is 8.71. The number of benzene rings is 2. The van der Waals surface area contributed by atoms with Gasteiger partial charge < -0.3 is 40.7 Å². The Morgan fingerprint density at radius 3 is 2.27 bits per heavy atom. The highest BCUT2D eigenvalue weighted by atomic mass is 16.5. The van der Waals surface area contributed by atoms with Gasteiger partial charge in [-0.05, 0) is 94.8 Å². The first-order valence-electron chi connectivity index (χ1n) is 15.5. The minimum atomic E-state index is -1.46. The molecule has 0 spiro atoms. The van der Waals surface area contributed by atoms with E-state index in [1.54, 1.807) is 0 Å². The van der Waals surface area contributed by atoms with Crippen LogP contribution in [-0.4, -0.2) is 99.9 Å². The van der Waals surface area contributed by atoms with Crippen molar-refractivity contribution in [1.29, 1.82) is 0 Å². The molecule has 0 radical (unpaired) electrons. The number of rotatable bonds is 13. The van der Waals surface area contributed by atoms with Crippen molar-refractivity contribution < 1.29 is 34.8 Å². The summed E-state index contributed by atoms with van der Waals surface area (Å²) >= 11 is 0. The summed E-state index contributed by atoms with van der Waals surface area (Å²) in [5.74, 6) is -0.193. The van der Waals surface area contributed by atoms with E-state index in [1.807, 2.05) is 44.1 Å². The topological polar surface area (TPSA) is 152 Å². The number of aliphatic hydroxyl groups excluding tert-OH is 3. The molecule has 6 N–H and O–H groups in total. The van der Waals surface area contributed by atoms with Gasteiger partial charge in [0.05, 0.1) is 5.60 Å². The first kappa shape index (κ1) is 34.0. The number of nitrogens with one attached hydrogen (secondary N) is 2. The molecule has 44 heavy (non-hydrogen) atoms. The highest BCUT2D eigenvalue weighted by molar-refractivity contribution is 5.94. The van der Waals surface area contributed by atoms with Crippen LogP contribution in [0.25, 0.3) is 0 Å². The lowest BCUT2D eigenvalue weighted by molar-refractivity contribution is -0.261. The van der Waals surface area contributed by atoms with E-state index in [2.05, 4.69) is 34.9 Å². The number of ether oxygens (including phenoxy) is 1. The fraction of sp³-hybridized carbons (Fsp3) is 0.588. The summed E-state index contributed by atoms with van der Waals surface area (Å²) in [6, 6.07) is 14.0. The Labute approximate surface area is 260 Å². The Hall–Kier alpha value is -2.86. The molecule has 5 atom stereocenters. The summed E-state index contributed by atoms with van der Waals surface area (Å²) < 4.78 is 5.95. The summed E-state index contributed by atoms with van der Waals surface area (Å²) in [6.07, 6.45) is -2.41. The van der Waals surface area contributed by atoms with Crippen LogP contribution in [0.1, 0.15) is 73.5 Å². The second kappa shape index (κ2) is 14.1. The molecule has 4 rings (SSSR count). The summed E-state index contributed by atoms with van der Waals surface area (Å²) in [6.45, 7) is 6.32. The number of carbonyl (C=O) groups is 2. The molecule has 2 amide bonds. The van der Waals surface area contributed by atoms with Crippen molar-refractivity contribution in [1.82, 2.24) is 15.5 Å². The zero-order chi connectivity index (χ0) is 32.2. The number of aryl methyl sites for hydroxylation is 2. The van der Waals surface area contributed by atoms with Crippen LogP contribution in [0.15, 0.2) is 42.5 Å². The molecule has 1 saturated carbocycles. The minimum Gasteiger partial charge on any atom is -0.388 e. The monoisotopic (exact) mass is 611 g/mol. The third kappa shape index (κ3) is 8.44. The number of hydrogen-bond acceptors (Lipinski definition) is 8. The molecule has 1 aliphatic heterocycles. The molecule has 10 heteroatoms. The molecule has 1 saturated heterocycles. The second-order valence-electron chi connectivity index (χ2n) is 13.3. The van der Waals surface area contributed by atoms with Crippen molar-refractivity contribution in [3.63, 3.8) is 0 Å². The molecule has 0 bridgehead atoms. The van der Waals surface area contributed by atoms with E-state index in [4.69, 9.17) is 4.74 Å². The predicted molar refractivity (Wildman–Crippen MR) is 167 cm³/mol. The first-order valence-corrected chi connectivity index (χ1v) is 15.5. The Morgan fingerprint density at radius 2 is 1.66 bits per heavy atom. The maximum absolute atomic E-state index is 12.6. The van der Waals surface area contributed by atoms with Gasteiger partial charge in [-0.2, -0.15) is 0 Å². The Bertz CT molecular complexity index is 1290. The maximum atomic E-state index is 12.6. The van der Waals surface area contributed by atoms with Crippen LogP contribution < -0.4 is 10.6 Å². The van der Waals surface area contributed by atoms with Crippen LogP contribution in [0.4, 0.5) is 0 Å². The van der Waals surface area contributed by atoms with E-state index in [9.17, 15) is 30.0 Å². The molecule has 1 aliphatic carbocycles. The molecule has 2 fully saturated rings. The average Bonchev–Trinajstić information content (AvgIpc) is 3.73. The van der Waals surface area contributed by atoms with Crippen molar-refractivity contribution in [2.45, 2.75) is 101 Å². The van der Waals surface area contributed by atoms with E-state index >= 15 is 0 Å². The zero-order valence-electron chi connectivity index (χ0n) is 26.5. The molecule has 2 aliphatic rings. The van der Waals surface area contributed by atoms with E-state index < -0.39 is 41.7 Å². The highest BCUT2D eigenvalue weighted by Gasteiger charge is 2.51. The molecule has 2 aromatic rings. The van der Waals surface area contributed by atoms with Crippen LogP contribution in [0.5, 0.6) is 0 Å². The quantitative estimate of drug-likeness (QED) is 0.200. The van der Waals surface area contributed by atoms with E-state index in [0.717, 1.165) is 35.2 Å². The van der Waals surface area contributed by atoms with Gasteiger partial charge in [-0.1, -0.05) is 42.5 Å². The molecular formula is C34H49N3O7. The van der Waals surface area contributed by atoms with Crippen molar-refractivity contribution in [3.05, 3.63) is 70.3 Å². The molecular weight excluding hydrogens is 562 g/mol. The molecule has 1 unspecified atom stereocenters. The molecule has 10 nitrogen and oxygen atoms in total. The summed E-state index contributed by atoms with van der Waals surface area (Å²) in [5, 5.41) is 47.9. The summed E-state index contributed by atoms with van der Waals surface area (Å²) in [7, 11) is 3.90. The number of aliphatic hydroxyl groups is 4. The maximum Gasteiger partial charge on any atom is 0.245 e. The van der Waals surface area contributed by atoms with Crippen LogP contribution in [0.3, 0.4) is 0 Å². The van der Waals surface area contributed by atoms with Crippen LogP contribution in [0.2, 0.25) is 0 Å². The van der Waals surface area contributed by atoms with Gasteiger partial charge in [0.25, 0.3) is 0 Å². The predicted octanol–water partition coefficient (Wildman–Crippen LogP) is 1.53. The summed E-state index contributed by atoms with van der Waals surface area (Å²) in [5.41, 5.74) is 2.82. The Kier molecular flexibility index (Phi) is 10.9. The lowest BCUT2D eigenvalue weighted by Gasteiger charge is -2.45. The molecule has 2 aromatic carbocycles. The fourth-order valence-corrected chi connectivity index (χ4v) is 5.72. The minimum absolute atomic E-state index is 0.0961. The second-order valence-corrected chi connectivity index (χ2v) is 13.3. The van der Waals surface area contributed by atoms with Gasteiger partial charge in [0.1, 0.15) is 36.1 Å². The van der Waals surface area contributed by atoms with Gasteiger partial charge in [-0.25, -0.2) is 0 Å². The smallest absolute Gasteiger partial charge is 0.245 e. The van der Waals surface area contributed by atoms with Gasteiger partial charge in [-0.15, -0.1) is 0 Å². The first-order chi connectivity index (χ1) is 20.7. The van der Waals surface area contributed by atoms with E-state index in [1.165, 1.54) is 13.8 Å². The standard InChI is InChI=1S/C34H49N3O7/c1-21-9-14-24(30-28(40)27(39)29(41)31(44-30)33(2,3)43)20-25(21)19-23-12-10-22(11-13-23)7-6-8-26(38)36-34(15-16-34)32(42)35-17-18-37(4)5/h9-14,20,27-31,39-41,43H,6-8,15-19H2,1-5H3,(H,35,42)(H,36,38)/t27-,28-,29+,30+,31?/m1/s1. The van der Waals surface area contributed by atoms with E-state index in [-0.39, 0.29) is 11.8 Å². The number of amides is 2. The Morgan fingerprint density at radius 1 is 1.00 bits per heavy atom. The fourth-order valence-electron chi connectivity index (χ4n) is 5.72. The van der Waals surface area contributed by atoms with Crippen LogP contribution in [0, 0.1) is 6.92 Å². The van der Waals surface area contributed by atoms with Crippen molar-refractivity contribution >= 4 is 11.8 Å². The normalized spacial score (nSPS) is 24.6. The molecule has 0 aromatic heterocycles. The summed E-state index contributed by atoms with van der Waals surface area (Å²) in [4.78, 5) is 27.1. The lowest BCUT2D eigenvalue weighted by Crippen LogP contribution is -2.60. The highest BCUT2D eigenvalue weighted by Crippen LogP contribution is 2.37. The molecule has 1 heterocycles. The van der Waals surface area contributed by atoms with Crippen molar-refractivity contribution in [2.24, 2.45) is 0 Å². The van der Waals surface area contributed by atoms with Gasteiger partial charge in [0.2, 0.25) is 11.8 Å². The third-order valence-corrected chi connectivity index (χ3v) is 8.71. The van der Waals surface area contributed by atoms with Gasteiger partial charge >= 0.3 is 0 Å². The SMILES string of the molecule is Cc1ccc([C@@H]2OC(C(C)(C)O)[C@@H](O)[C@H](O)[C@H]2O)cc1Cc1ccc(CCCC(=O)NC2(C(=O)NCCN(C)C)CC2)cc1. The van der Waals surface area contributed by atoms with Crippen molar-refractivity contribution in [2.75, 3.05) is 27.2 Å².